The van der Waals surface area contributed by atoms with Crippen LogP contribution in [0.1, 0.15) is 0 Å². The molecule has 1 aromatic heterocycles. The number of nitrogens with zero attached hydrogens (tertiary/aromatic N) is 3. The summed E-state index contributed by atoms with van der Waals surface area (Å²) in [4.78, 5) is 18.0. The topological polar surface area (TPSA) is 47.4 Å². The summed E-state index contributed by atoms with van der Waals surface area (Å²) in [5.74, 6) is 0. The fourth-order valence-electron chi connectivity index (χ4n) is 1.66. The predicted molar refractivity (Wildman–Crippen MR) is 68.5 cm³/mol. The van der Waals surface area contributed by atoms with E-state index in [4.69, 9.17) is 4.74 Å². The van der Waals surface area contributed by atoms with Crippen LogP contribution in [0.2, 0.25) is 0 Å². The van der Waals surface area contributed by atoms with Crippen molar-refractivity contribution in [1.29, 1.82) is 0 Å². The molecular formula is C10H14IN3O2. The Bertz CT molecular complexity index is 401. The average molecular weight is 335 g/mol. The van der Waals surface area contributed by atoms with Gasteiger partial charge in [0.25, 0.3) is 5.56 Å². The third-order valence-electron chi connectivity index (χ3n) is 2.62. The van der Waals surface area contributed by atoms with Crippen LogP contribution < -0.4 is 5.56 Å². The summed E-state index contributed by atoms with van der Waals surface area (Å²) in [7, 11) is 0. The van der Waals surface area contributed by atoms with Gasteiger partial charge in [0, 0.05) is 32.4 Å². The van der Waals surface area contributed by atoms with Crippen LogP contribution in [0.4, 0.5) is 0 Å². The summed E-state index contributed by atoms with van der Waals surface area (Å²) in [6.45, 7) is 5.06. The number of hydrogen-bond acceptors (Lipinski definition) is 4. The van der Waals surface area contributed by atoms with Gasteiger partial charge in [-0.2, -0.15) is 0 Å². The maximum atomic E-state index is 11.7. The molecule has 0 unspecified atom stereocenters. The minimum Gasteiger partial charge on any atom is -0.379 e. The third-order valence-corrected chi connectivity index (χ3v) is 3.36. The second-order valence-electron chi connectivity index (χ2n) is 3.69. The molecule has 1 aliphatic heterocycles. The van der Waals surface area contributed by atoms with E-state index in [1.807, 2.05) is 22.6 Å². The van der Waals surface area contributed by atoms with E-state index in [9.17, 15) is 4.79 Å². The largest absolute Gasteiger partial charge is 0.379 e. The van der Waals surface area contributed by atoms with Crippen LogP contribution in [0.25, 0.3) is 0 Å². The van der Waals surface area contributed by atoms with Crippen LogP contribution in [0.3, 0.4) is 0 Å². The van der Waals surface area contributed by atoms with Crippen molar-refractivity contribution in [2.45, 2.75) is 6.54 Å². The van der Waals surface area contributed by atoms with Crippen molar-refractivity contribution in [1.82, 2.24) is 14.5 Å². The quantitative estimate of drug-likeness (QED) is 0.740. The Balaban J connectivity index is 1.94. The molecule has 1 saturated heterocycles. The molecule has 5 nitrogen and oxygen atoms in total. The highest BCUT2D eigenvalue weighted by molar-refractivity contribution is 14.1. The van der Waals surface area contributed by atoms with Gasteiger partial charge in [-0.1, -0.05) is 0 Å². The first-order chi connectivity index (χ1) is 7.77. The zero-order valence-electron chi connectivity index (χ0n) is 8.93. The molecule has 0 saturated carbocycles. The highest BCUT2D eigenvalue weighted by atomic mass is 127. The van der Waals surface area contributed by atoms with Crippen molar-refractivity contribution < 1.29 is 4.74 Å². The molecule has 6 heteroatoms. The molecule has 0 amide bonds. The molecule has 1 fully saturated rings. The Morgan fingerprint density at radius 1 is 1.38 bits per heavy atom. The molecule has 0 spiro atoms. The maximum absolute atomic E-state index is 11.7. The van der Waals surface area contributed by atoms with Crippen LogP contribution in [0, 0.1) is 3.57 Å². The number of halogens is 1. The summed E-state index contributed by atoms with van der Waals surface area (Å²) < 4.78 is 7.60. The normalized spacial score (nSPS) is 17.6. The van der Waals surface area contributed by atoms with Crippen LogP contribution in [0.15, 0.2) is 17.3 Å². The molecule has 1 aromatic rings. The van der Waals surface area contributed by atoms with Crippen molar-refractivity contribution in [2.24, 2.45) is 0 Å². The Morgan fingerprint density at radius 2 is 2.12 bits per heavy atom. The molecule has 0 radical (unpaired) electrons. The van der Waals surface area contributed by atoms with Crippen molar-refractivity contribution >= 4 is 22.6 Å². The summed E-state index contributed by atoms with van der Waals surface area (Å²) in [6.07, 6.45) is 3.19. The first-order valence-corrected chi connectivity index (χ1v) is 6.35. The van der Waals surface area contributed by atoms with Gasteiger partial charge in [0.2, 0.25) is 0 Å². The fraction of sp³-hybridized carbons (Fsp3) is 0.600. The van der Waals surface area contributed by atoms with Crippen LogP contribution in [-0.2, 0) is 11.3 Å². The molecule has 0 atom stereocenters. The van der Waals surface area contributed by atoms with Gasteiger partial charge in [-0.05, 0) is 22.6 Å². The van der Waals surface area contributed by atoms with Crippen LogP contribution in [0.5, 0.6) is 0 Å². The smallest absolute Gasteiger partial charge is 0.266 e. The number of aromatic nitrogens is 2. The summed E-state index contributed by atoms with van der Waals surface area (Å²) >= 11 is 2.01. The lowest BCUT2D eigenvalue weighted by molar-refractivity contribution is 0.0362. The zero-order chi connectivity index (χ0) is 11.4. The molecule has 0 aliphatic carbocycles. The van der Waals surface area contributed by atoms with Gasteiger partial charge in [0.15, 0.2) is 0 Å². The molecule has 88 valence electrons. The molecule has 16 heavy (non-hydrogen) atoms. The highest BCUT2D eigenvalue weighted by Crippen LogP contribution is 1.97. The molecule has 2 rings (SSSR count). The first-order valence-electron chi connectivity index (χ1n) is 5.27. The average Bonchev–Trinajstić information content (AvgIpc) is 2.32. The van der Waals surface area contributed by atoms with E-state index in [1.165, 1.54) is 0 Å². The maximum Gasteiger partial charge on any atom is 0.266 e. The van der Waals surface area contributed by atoms with Gasteiger partial charge in [-0.3, -0.25) is 14.3 Å². The molecular weight excluding hydrogens is 321 g/mol. The van der Waals surface area contributed by atoms with E-state index in [2.05, 4.69) is 9.88 Å². The van der Waals surface area contributed by atoms with Crippen molar-refractivity contribution in [3.05, 3.63) is 26.4 Å². The Kier molecular flexibility index (Phi) is 4.30. The van der Waals surface area contributed by atoms with Crippen molar-refractivity contribution in [3.63, 3.8) is 0 Å². The lowest BCUT2D eigenvalue weighted by Gasteiger charge is -2.26. The number of ether oxygens (including phenoxy) is 1. The van der Waals surface area contributed by atoms with Gasteiger partial charge >= 0.3 is 0 Å². The van der Waals surface area contributed by atoms with Gasteiger partial charge < -0.3 is 4.74 Å². The molecule has 0 bridgehead atoms. The standard InChI is InChI=1S/C10H14IN3O2/c11-9-7-12-8-14(10(9)15)2-1-13-3-5-16-6-4-13/h7-8H,1-6H2. The number of rotatable bonds is 3. The van der Waals surface area contributed by atoms with Gasteiger partial charge in [-0.15, -0.1) is 0 Å². The minimum atomic E-state index is 0.0452. The zero-order valence-corrected chi connectivity index (χ0v) is 11.1. The number of hydrogen-bond donors (Lipinski definition) is 0. The van der Waals surface area contributed by atoms with Crippen molar-refractivity contribution in [3.8, 4) is 0 Å². The lowest BCUT2D eigenvalue weighted by Crippen LogP contribution is -2.39. The van der Waals surface area contributed by atoms with Crippen LogP contribution in [-0.4, -0.2) is 47.3 Å². The van der Waals surface area contributed by atoms with Gasteiger partial charge in [-0.25, -0.2) is 4.98 Å². The van der Waals surface area contributed by atoms with Gasteiger partial charge in [0.1, 0.15) is 0 Å². The third kappa shape index (κ3) is 3.02. The predicted octanol–water partition coefficient (Wildman–Crippen LogP) is 0.180. The van der Waals surface area contributed by atoms with E-state index >= 15 is 0 Å². The van der Waals surface area contributed by atoms with E-state index < -0.39 is 0 Å². The molecule has 0 N–H and O–H groups in total. The monoisotopic (exact) mass is 335 g/mol. The van der Waals surface area contributed by atoms with E-state index in [0.717, 1.165) is 32.8 Å². The van der Waals surface area contributed by atoms with Gasteiger partial charge in [0.05, 0.1) is 23.1 Å². The molecule has 0 aromatic carbocycles. The molecule has 1 aliphatic rings. The first kappa shape index (κ1) is 12.0. The van der Waals surface area contributed by atoms with Crippen molar-refractivity contribution in [2.75, 3.05) is 32.8 Å². The SMILES string of the molecule is O=c1c(I)cncn1CCN1CCOCC1. The molecule has 2 heterocycles. The summed E-state index contributed by atoms with van der Waals surface area (Å²) in [5, 5.41) is 0. The summed E-state index contributed by atoms with van der Waals surface area (Å²) in [6, 6.07) is 0. The van der Waals surface area contributed by atoms with E-state index in [-0.39, 0.29) is 5.56 Å². The fourth-order valence-corrected chi connectivity index (χ4v) is 2.13. The number of morpholine rings is 1. The van der Waals surface area contributed by atoms with E-state index in [1.54, 1.807) is 17.1 Å². The Labute approximate surface area is 108 Å². The minimum absolute atomic E-state index is 0.0452. The van der Waals surface area contributed by atoms with E-state index in [0.29, 0.717) is 10.1 Å². The Hall–Kier alpha value is -0.470. The van der Waals surface area contributed by atoms with Crippen LogP contribution >= 0.6 is 22.6 Å². The Morgan fingerprint density at radius 3 is 2.88 bits per heavy atom. The summed E-state index contributed by atoms with van der Waals surface area (Å²) in [5.41, 5.74) is 0.0452. The lowest BCUT2D eigenvalue weighted by atomic mass is 10.4. The highest BCUT2D eigenvalue weighted by Gasteiger charge is 2.10. The second kappa shape index (κ2) is 5.74. The second-order valence-corrected chi connectivity index (χ2v) is 4.86.